The summed E-state index contributed by atoms with van der Waals surface area (Å²) < 4.78 is 0. The SMILES string of the molecule is CC(C)(CC#N)c1nc2cc3c[nH][nH]c3cc2c1-c1ccc(C(=O)O)cc1. The van der Waals surface area contributed by atoms with Crippen LogP contribution in [0.3, 0.4) is 0 Å². The van der Waals surface area contributed by atoms with Crippen molar-refractivity contribution < 1.29 is 9.90 Å². The van der Waals surface area contributed by atoms with Gasteiger partial charge in [-0.05, 0) is 29.8 Å². The number of carboxylic acid groups (broad SMARTS) is 1. The Morgan fingerprint density at radius 1 is 1.26 bits per heavy atom. The van der Waals surface area contributed by atoms with E-state index in [0.29, 0.717) is 6.42 Å². The van der Waals surface area contributed by atoms with Crippen LogP contribution in [0.1, 0.15) is 36.3 Å². The van der Waals surface area contributed by atoms with E-state index < -0.39 is 11.4 Å². The molecule has 134 valence electrons. The summed E-state index contributed by atoms with van der Waals surface area (Å²) in [5.74, 6) is -0.958. The van der Waals surface area contributed by atoms with Crippen molar-refractivity contribution >= 4 is 27.8 Å². The molecule has 0 saturated heterocycles. The van der Waals surface area contributed by atoms with Crippen molar-refractivity contribution in [1.29, 1.82) is 5.26 Å². The first-order valence-corrected chi connectivity index (χ1v) is 8.61. The van der Waals surface area contributed by atoms with E-state index >= 15 is 0 Å². The normalized spacial score (nSPS) is 11.7. The summed E-state index contributed by atoms with van der Waals surface area (Å²) in [5, 5.41) is 26.5. The van der Waals surface area contributed by atoms with Crippen LogP contribution in [0.15, 0.2) is 42.6 Å². The molecule has 3 N–H and O–H groups in total. The van der Waals surface area contributed by atoms with Crippen LogP contribution >= 0.6 is 0 Å². The zero-order chi connectivity index (χ0) is 19.2. The van der Waals surface area contributed by atoms with Gasteiger partial charge in [0, 0.05) is 34.4 Å². The van der Waals surface area contributed by atoms with Gasteiger partial charge in [-0.2, -0.15) is 5.26 Å². The number of fused-ring (bicyclic) bond motifs is 2. The lowest BCUT2D eigenvalue weighted by Crippen LogP contribution is -2.17. The highest BCUT2D eigenvalue weighted by Gasteiger charge is 2.29. The third kappa shape index (κ3) is 2.74. The molecule has 0 atom stereocenters. The zero-order valence-electron chi connectivity index (χ0n) is 15.0. The van der Waals surface area contributed by atoms with Gasteiger partial charge in [0.15, 0.2) is 0 Å². The number of aromatic nitrogens is 3. The molecular weight excluding hydrogens is 340 g/mol. The minimum atomic E-state index is -0.958. The highest BCUT2D eigenvalue weighted by Crippen LogP contribution is 2.41. The predicted octanol–water partition coefficient (Wildman–Crippen LogP) is 4.60. The molecule has 2 aromatic carbocycles. The maximum Gasteiger partial charge on any atom is 0.335 e. The van der Waals surface area contributed by atoms with Crippen LogP contribution in [0, 0.1) is 11.3 Å². The number of nitriles is 1. The number of aromatic carboxylic acids is 1. The van der Waals surface area contributed by atoms with Crippen molar-refractivity contribution in [3.05, 3.63) is 53.9 Å². The maximum absolute atomic E-state index is 11.2. The molecule has 0 aliphatic carbocycles. The standard InChI is InChI=1S/C21H18N4O2/c1-21(2,7-8-22)19-18(12-3-5-13(6-4-12)20(26)27)15-10-16-14(11-23-25-16)9-17(15)24-19/h3-6,9-11,23,25H,7H2,1-2H3,(H,26,27). The van der Waals surface area contributed by atoms with Gasteiger partial charge in [-0.3, -0.25) is 4.98 Å². The second-order valence-corrected chi connectivity index (χ2v) is 7.31. The van der Waals surface area contributed by atoms with Gasteiger partial charge < -0.3 is 15.3 Å². The first kappa shape index (κ1) is 16.9. The van der Waals surface area contributed by atoms with Gasteiger partial charge in [0.2, 0.25) is 0 Å². The third-order valence-electron chi connectivity index (χ3n) is 4.92. The summed E-state index contributed by atoms with van der Waals surface area (Å²) in [6, 6.07) is 13.1. The predicted molar refractivity (Wildman–Crippen MR) is 104 cm³/mol. The molecule has 0 saturated carbocycles. The molecule has 4 aromatic rings. The fraction of sp³-hybridized carbons (Fsp3) is 0.190. The number of hydrogen-bond donors (Lipinski definition) is 3. The average molecular weight is 358 g/mol. The molecule has 0 aliphatic heterocycles. The van der Waals surface area contributed by atoms with E-state index in [-0.39, 0.29) is 5.56 Å². The van der Waals surface area contributed by atoms with Crippen LogP contribution in [-0.2, 0) is 5.41 Å². The molecule has 27 heavy (non-hydrogen) atoms. The molecule has 6 heteroatoms. The summed E-state index contributed by atoms with van der Waals surface area (Å²) in [6.45, 7) is 4.01. The quantitative estimate of drug-likeness (QED) is 0.495. The minimum Gasteiger partial charge on any atom is -0.478 e. The first-order valence-electron chi connectivity index (χ1n) is 8.61. The Hall–Kier alpha value is -3.59. The summed E-state index contributed by atoms with van der Waals surface area (Å²) in [5.41, 5.74) is 4.29. The number of benzene rings is 2. The van der Waals surface area contributed by atoms with Gasteiger partial charge in [-0.1, -0.05) is 26.0 Å². The van der Waals surface area contributed by atoms with Gasteiger partial charge in [0.25, 0.3) is 0 Å². The van der Waals surface area contributed by atoms with Crippen molar-refractivity contribution in [2.45, 2.75) is 25.7 Å². The van der Waals surface area contributed by atoms with Crippen molar-refractivity contribution in [3.8, 4) is 17.2 Å². The minimum absolute atomic E-state index is 0.238. The Morgan fingerprint density at radius 3 is 2.67 bits per heavy atom. The summed E-state index contributed by atoms with van der Waals surface area (Å²) >= 11 is 0. The number of aromatic amines is 2. The number of hydrogen-bond acceptors (Lipinski definition) is 3. The Balaban J connectivity index is 2.02. The molecular formula is C21H18N4O2. The number of nitrogens with zero attached hydrogens (tertiary/aromatic N) is 2. The van der Waals surface area contributed by atoms with E-state index in [1.165, 1.54) is 0 Å². The van der Waals surface area contributed by atoms with E-state index in [9.17, 15) is 15.2 Å². The number of H-pyrrole nitrogens is 2. The Morgan fingerprint density at radius 2 is 2.00 bits per heavy atom. The maximum atomic E-state index is 11.2. The second kappa shape index (κ2) is 5.99. The fourth-order valence-corrected chi connectivity index (χ4v) is 3.46. The largest absolute Gasteiger partial charge is 0.478 e. The lowest BCUT2D eigenvalue weighted by molar-refractivity contribution is 0.0697. The van der Waals surface area contributed by atoms with Gasteiger partial charge in [-0.15, -0.1) is 0 Å². The molecule has 0 fully saturated rings. The Bertz CT molecular complexity index is 1210. The first-order chi connectivity index (χ1) is 12.9. The van der Waals surface area contributed by atoms with E-state index in [0.717, 1.165) is 38.6 Å². The molecule has 0 aliphatic rings. The van der Waals surface area contributed by atoms with Crippen molar-refractivity contribution in [2.75, 3.05) is 0 Å². The van der Waals surface area contributed by atoms with Crippen LogP contribution in [0.25, 0.3) is 32.9 Å². The number of rotatable bonds is 4. The van der Waals surface area contributed by atoms with Gasteiger partial charge in [0.1, 0.15) is 0 Å². The van der Waals surface area contributed by atoms with Crippen molar-refractivity contribution in [1.82, 2.24) is 15.2 Å². The molecule has 6 nitrogen and oxygen atoms in total. The van der Waals surface area contributed by atoms with E-state index in [2.05, 4.69) is 16.3 Å². The van der Waals surface area contributed by atoms with E-state index in [1.807, 2.05) is 32.2 Å². The van der Waals surface area contributed by atoms with Crippen molar-refractivity contribution in [3.63, 3.8) is 0 Å². The van der Waals surface area contributed by atoms with Crippen molar-refractivity contribution in [2.24, 2.45) is 0 Å². The van der Waals surface area contributed by atoms with E-state index in [1.54, 1.807) is 24.3 Å². The number of carboxylic acids is 1. The topological polar surface area (TPSA) is 106 Å². The molecule has 4 rings (SSSR count). The molecule has 0 bridgehead atoms. The number of nitrogens with one attached hydrogen (secondary N) is 2. The average Bonchev–Trinajstić information content (AvgIpc) is 3.23. The monoisotopic (exact) mass is 358 g/mol. The van der Waals surface area contributed by atoms with Crippen LogP contribution in [0.5, 0.6) is 0 Å². The van der Waals surface area contributed by atoms with Crippen LogP contribution in [0.4, 0.5) is 0 Å². The molecule has 0 amide bonds. The highest BCUT2D eigenvalue weighted by atomic mass is 16.4. The Labute approximate surface area is 155 Å². The lowest BCUT2D eigenvalue weighted by Gasteiger charge is -2.21. The number of carbonyl (C=O) groups is 1. The van der Waals surface area contributed by atoms with Crippen LogP contribution < -0.4 is 0 Å². The molecule has 0 unspecified atom stereocenters. The van der Waals surface area contributed by atoms with E-state index in [4.69, 9.17) is 4.98 Å². The fourth-order valence-electron chi connectivity index (χ4n) is 3.46. The second-order valence-electron chi connectivity index (χ2n) is 7.31. The highest BCUT2D eigenvalue weighted by molar-refractivity contribution is 6.04. The Kier molecular flexibility index (Phi) is 3.74. The van der Waals surface area contributed by atoms with Gasteiger partial charge >= 0.3 is 5.97 Å². The molecule has 0 spiro atoms. The van der Waals surface area contributed by atoms with Crippen LogP contribution in [-0.4, -0.2) is 26.3 Å². The van der Waals surface area contributed by atoms with Gasteiger partial charge in [-0.25, -0.2) is 4.79 Å². The summed E-state index contributed by atoms with van der Waals surface area (Å²) in [7, 11) is 0. The van der Waals surface area contributed by atoms with Crippen LogP contribution in [0.2, 0.25) is 0 Å². The molecule has 2 aromatic heterocycles. The molecule has 2 heterocycles. The lowest BCUT2D eigenvalue weighted by atomic mass is 9.82. The smallest absolute Gasteiger partial charge is 0.335 e. The summed E-state index contributed by atoms with van der Waals surface area (Å²) in [6.07, 6.45) is 2.22. The third-order valence-corrected chi connectivity index (χ3v) is 4.92. The summed E-state index contributed by atoms with van der Waals surface area (Å²) in [4.78, 5) is 16.1. The van der Waals surface area contributed by atoms with Gasteiger partial charge in [0.05, 0.1) is 28.4 Å². The zero-order valence-corrected chi connectivity index (χ0v) is 15.0. The molecule has 0 radical (unpaired) electrons.